The second-order valence-electron chi connectivity index (χ2n) is 5.09. The number of hydrogen-bond acceptors (Lipinski definition) is 3. The van der Waals surface area contributed by atoms with Crippen LogP contribution in [-0.4, -0.2) is 13.0 Å². The fourth-order valence-electron chi connectivity index (χ4n) is 2.21. The lowest BCUT2D eigenvalue weighted by Crippen LogP contribution is -2.12. The van der Waals surface area contributed by atoms with Gasteiger partial charge in [0.25, 0.3) is 5.91 Å². The smallest absolute Gasteiger partial charge is 0.255 e. The first-order chi connectivity index (χ1) is 11.8. The van der Waals surface area contributed by atoms with Gasteiger partial charge >= 0.3 is 0 Å². The van der Waals surface area contributed by atoms with Gasteiger partial charge in [-0.05, 0) is 48.5 Å². The molecule has 1 amide bonds. The molecule has 1 N–H and O–H groups in total. The van der Waals surface area contributed by atoms with Crippen LogP contribution < -0.4 is 10.1 Å². The van der Waals surface area contributed by atoms with Crippen molar-refractivity contribution < 1.29 is 9.53 Å². The van der Waals surface area contributed by atoms with Crippen LogP contribution in [0.15, 0.2) is 88.7 Å². The fourth-order valence-corrected chi connectivity index (χ4v) is 3.13. The van der Waals surface area contributed by atoms with Crippen LogP contribution in [0.25, 0.3) is 0 Å². The van der Waals surface area contributed by atoms with Crippen LogP contribution in [0.2, 0.25) is 0 Å². The highest BCUT2D eigenvalue weighted by molar-refractivity contribution is 7.99. The molecule has 0 aromatic heterocycles. The Morgan fingerprint density at radius 2 is 1.54 bits per heavy atom. The number of rotatable bonds is 5. The highest BCUT2D eigenvalue weighted by Gasteiger charge is 2.10. The molecule has 3 aromatic rings. The number of carbonyl (C=O) groups is 1. The predicted molar refractivity (Wildman–Crippen MR) is 98.0 cm³/mol. The van der Waals surface area contributed by atoms with E-state index in [0.29, 0.717) is 5.56 Å². The van der Waals surface area contributed by atoms with Gasteiger partial charge in [-0.3, -0.25) is 4.79 Å². The van der Waals surface area contributed by atoms with Gasteiger partial charge in [-0.15, -0.1) is 0 Å². The summed E-state index contributed by atoms with van der Waals surface area (Å²) in [5.41, 5.74) is 1.39. The zero-order valence-corrected chi connectivity index (χ0v) is 14.0. The molecule has 0 atom stereocenters. The third-order valence-electron chi connectivity index (χ3n) is 3.46. The summed E-state index contributed by atoms with van der Waals surface area (Å²) in [5.74, 6) is 0.588. The summed E-state index contributed by atoms with van der Waals surface area (Å²) in [4.78, 5) is 14.6. The lowest BCUT2D eigenvalue weighted by molar-refractivity contribution is 0.102. The molecular formula is C20H17NO2S. The average Bonchev–Trinajstić information content (AvgIpc) is 2.64. The topological polar surface area (TPSA) is 38.3 Å². The van der Waals surface area contributed by atoms with E-state index in [1.807, 2.05) is 54.6 Å². The standard InChI is InChI=1S/C20H17NO2S/c1-23-16-13-11-15(12-14-16)20(22)21-18-9-5-6-10-19(18)24-17-7-3-2-4-8-17/h2-14H,1H3,(H,21,22). The van der Waals surface area contributed by atoms with Crippen LogP contribution in [0.3, 0.4) is 0 Å². The second-order valence-corrected chi connectivity index (χ2v) is 6.21. The van der Waals surface area contributed by atoms with E-state index in [1.165, 1.54) is 0 Å². The SMILES string of the molecule is COc1ccc(C(=O)Nc2ccccc2Sc2ccccc2)cc1. The van der Waals surface area contributed by atoms with Crippen molar-refractivity contribution in [2.75, 3.05) is 12.4 Å². The molecule has 0 aliphatic heterocycles. The van der Waals surface area contributed by atoms with E-state index in [4.69, 9.17) is 4.74 Å². The normalized spacial score (nSPS) is 10.2. The van der Waals surface area contributed by atoms with Crippen molar-refractivity contribution in [2.45, 2.75) is 9.79 Å². The molecule has 0 heterocycles. The minimum atomic E-state index is -0.140. The lowest BCUT2D eigenvalue weighted by Gasteiger charge is -2.11. The molecule has 120 valence electrons. The largest absolute Gasteiger partial charge is 0.497 e. The molecule has 3 nitrogen and oxygen atoms in total. The van der Waals surface area contributed by atoms with Gasteiger partial charge in [-0.25, -0.2) is 0 Å². The number of methoxy groups -OCH3 is 1. The molecule has 24 heavy (non-hydrogen) atoms. The van der Waals surface area contributed by atoms with Crippen molar-refractivity contribution in [1.82, 2.24) is 0 Å². The van der Waals surface area contributed by atoms with Crippen LogP contribution in [0, 0.1) is 0 Å². The molecule has 0 unspecified atom stereocenters. The van der Waals surface area contributed by atoms with E-state index in [2.05, 4.69) is 5.32 Å². The monoisotopic (exact) mass is 335 g/mol. The maximum Gasteiger partial charge on any atom is 0.255 e. The molecule has 0 aliphatic rings. The van der Waals surface area contributed by atoms with E-state index in [9.17, 15) is 4.79 Å². The minimum absolute atomic E-state index is 0.140. The maximum atomic E-state index is 12.5. The maximum absolute atomic E-state index is 12.5. The summed E-state index contributed by atoms with van der Waals surface area (Å²) >= 11 is 1.62. The highest BCUT2D eigenvalue weighted by atomic mass is 32.2. The Kier molecular flexibility index (Phi) is 5.18. The summed E-state index contributed by atoms with van der Waals surface area (Å²) in [7, 11) is 1.60. The second kappa shape index (κ2) is 7.70. The molecular weight excluding hydrogens is 318 g/mol. The number of carbonyl (C=O) groups excluding carboxylic acids is 1. The Bertz CT molecular complexity index is 817. The van der Waals surface area contributed by atoms with E-state index in [-0.39, 0.29) is 5.91 Å². The highest BCUT2D eigenvalue weighted by Crippen LogP contribution is 2.33. The van der Waals surface area contributed by atoms with Gasteiger partial charge < -0.3 is 10.1 Å². The summed E-state index contributed by atoms with van der Waals surface area (Å²) < 4.78 is 5.12. The third-order valence-corrected chi connectivity index (χ3v) is 4.54. The summed E-state index contributed by atoms with van der Waals surface area (Å²) in [6.07, 6.45) is 0. The van der Waals surface area contributed by atoms with Gasteiger partial charge in [0.2, 0.25) is 0 Å². The van der Waals surface area contributed by atoms with Crippen molar-refractivity contribution in [2.24, 2.45) is 0 Å². The Morgan fingerprint density at radius 1 is 0.875 bits per heavy atom. The summed E-state index contributed by atoms with van der Waals surface area (Å²) in [6, 6.07) is 24.9. The Morgan fingerprint density at radius 3 is 2.25 bits per heavy atom. The molecule has 0 saturated carbocycles. The molecule has 4 heteroatoms. The minimum Gasteiger partial charge on any atom is -0.497 e. The van der Waals surface area contributed by atoms with E-state index in [1.54, 1.807) is 43.1 Å². The van der Waals surface area contributed by atoms with Gasteiger partial charge in [0.05, 0.1) is 12.8 Å². The molecule has 0 aliphatic carbocycles. The zero-order valence-electron chi connectivity index (χ0n) is 13.2. The number of ether oxygens (including phenoxy) is 1. The first-order valence-corrected chi connectivity index (χ1v) is 8.35. The Labute approximate surface area is 145 Å². The van der Waals surface area contributed by atoms with Crippen LogP contribution in [-0.2, 0) is 0 Å². The van der Waals surface area contributed by atoms with Crippen LogP contribution >= 0.6 is 11.8 Å². The predicted octanol–water partition coefficient (Wildman–Crippen LogP) is 5.10. The van der Waals surface area contributed by atoms with Gasteiger partial charge in [-0.1, -0.05) is 42.1 Å². The number of hydrogen-bond donors (Lipinski definition) is 1. The summed E-state index contributed by atoms with van der Waals surface area (Å²) in [5, 5.41) is 2.98. The number of nitrogens with one attached hydrogen (secondary N) is 1. The van der Waals surface area contributed by atoms with Crippen molar-refractivity contribution >= 4 is 23.4 Å². The van der Waals surface area contributed by atoms with Gasteiger partial charge in [0.1, 0.15) is 5.75 Å². The molecule has 3 aromatic carbocycles. The first-order valence-electron chi connectivity index (χ1n) is 7.53. The van der Waals surface area contributed by atoms with Crippen molar-refractivity contribution in [3.8, 4) is 5.75 Å². The molecule has 0 saturated heterocycles. The molecule has 0 bridgehead atoms. The molecule has 0 radical (unpaired) electrons. The summed E-state index contributed by atoms with van der Waals surface area (Å²) in [6.45, 7) is 0. The number of para-hydroxylation sites is 1. The number of amides is 1. The first kappa shape index (κ1) is 16.1. The molecule has 0 fully saturated rings. The van der Waals surface area contributed by atoms with Gasteiger partial charge in [-0.2, -0.15) is 0 Å². The lowest BCUT2D eigenvalue weighted by atomic mass is 10.2. The Balaban J connectivity index is 1.78. The van der Waals surface area contributed by atoms with Gasteiger partial charge in [0.15, 0.2) is 0 Å². The van der Waals surface area contributed by atoms with E-state index in [0.717, 1.165) is 21.2 Å². The fraction of sp³-hybridized carbons (Fsp3) is 0.0500. The van der Waals surface area contributed by atoms with Crippen LogP contribution in [0.5, 0.6) is 5.75 Å². The Hall–Kier alpha value is -2.72. The van der Waals surface area contributed by atoms with E-state index < -0.39 is 0 Å². The van der Waals surface area contributed by atoms with Crippen molar-refractivity contribution in [3.05, 3.63) is 84.4 Å². The average molecular weight is 335 g/mol. The third kappa shape index (κ3) is 3.97. The number of anilines is 1. The molecule has 3 rings (SSSR count). The molecule has 0 spiro atoms. The van der Waals surface area contributed by atoms with Crippen LogP contribution in [0.1, 0.15) is 10.4 Å². The van der Waals surface area contributed by atoms with Crippen LogP contribution in [0.4, 0.5) is 5.69 Å². The van der Waals surface area contributed by atoms with Gasteiger partial charge in [0, 0.05) is 15.4 Å². The van der Waals surface area contributed by atoms with Crippen molar-refractivity contribution in [1.29, 1.82) is 0 Å². The quantitative estimate of drug-likeness (QED) is 0.705. The van der Waals surface area contributed by atoms with E-state index >= 15 is 0 Å². The zero-order chi connectivity index (χ0) is 16.8. The van der Waals surface area contributed by atoms with Crippen molar-refractivity contribution in [3.63, 3.8) is 0 Å². The number of benzene rings is 3.